The Morgan fingerprint density at radius 3 is 2.14 bits per heavy atom. The third-order valence-corrected chi connectivity index (χ3v) is 1.88. The predicted octanol–water partition coefficient (Wildman–Crippen LogP) is 1.98. The van der Waals surface area contributed by atoms with Crippen molar-refractivity contribution < 1.29 is 14.4 Å². The average Bonchev–Trinajstić information content (AvgIpc) is 2.16. The second-order valence-electron chi connectivity index (χ2n) is 2.96. The van der Waals surface area contributed by atoms with Gasteiger partial charge in [-0.3, -0.25) is 10.1 Å². The lowest BCUT2D eigenvalue weighted by atomic mass is 10.1. The molecule has 0 radical (unpaired) electrons. The fourth-order valence-electron chi connectivity index (χ4n) is 1.06. The molecule has 4 nitrogen and oxygen atoms in total. The van der Waals surface area contributed by atoms with E-state index in [1.54, 1.807) is 6.92 Å². The van der Waals surface area contributed by atoms with Gasteiger partial charge in [0.05, 0.1) is 16.6 Å². The Kier molecular flexibility index (Phi) is 3.14. The summed E-state index contributed by atoms with van der Waals surface area (Å²) >= 11 is 0. The molecule has 0 aliphatic carbocycles. The van der Waals surface area contributed by atoms with Crippen molar-refractivity contribution in [3.63, 3.8) is 0 Å². The molecule has 1 N–H and O–H groups in total. The minimum atomic E-state index is -2.20. The van der Waals surface area contributed by atoms with Gasteiger partial charge in [0.25, 0.3) is 0 Å². The Bertz CT molecular complexity index is 323. The molecule has 1 aromatic carbocycles. The molecular weight excluding hydrogens is 189 g/mol. The molecule has 5 heteroatoms. The molecule has 0 spiro atoms. The third kappa shape index (κ3) is 2.26. The minimum Gasteiger partial charge on any atom is -0.389 e. The number of benzene rings is 1. The third-order valence-electron chi connectivity index (χ3n) is 1.88. The molecule has 0 aliphatic rings. The largest absolute Gasteiger partial charge is 0.389 e. The smallest absolute Gasteiger partial charge is 0.375 e. The van der Waals surface area contributed by atoms with Gasteiger partial charge < -0.3 is 5.11 Å². The van der Waals surface area contributed by atoms with Crippen LogP contribution in [0.25, 0.3) is 0 Å². The first-order chi connectivity index (χ1) is 6.52. The highest BCUT2D eigenvalue weighted by molar-refractivity contribution is 5.24. The molecule has 0 aromatic heterocycles. The van der Waals surface area contributed by atoms with Crippen LogP contribution < -0.4 is 0 Å². The van der Waals surface area contributed by atoms with Crippen LogP contribution in [-0.4, -0.2) is 10.0 Å². The molecule has 0 saturated heterocycles. The van der Waals surface area contributed by atoms with Crippen LogP contribution in [0.3, 0.4) is 0 Å². The molecule has 0 saturated carbocycles. The highest BCUT2D eigenvalue weighted by Crippen LogP contribution is 2.20. The molecular formula is C9H10FNO3. The zero-order valence-electron chi connectivity index (χ0n) is 7.55. The average molecular weight is 199 g/mol. The van der Waals surface area contributed by atoms with Crippen LogP contribution in [0.15, 0.2) is 24.3 Å². The number of halogens is 1. The zero-order valence-corrected chi connectivity index (χ0v) is 7.55. The normalized spacial score (nSPS) is 14.8. The Morgan fingerprint density at radius 2 is 1.79 bits per heavy atom. The van der Waals surface area contributed by atoms with Gasteiger partial charge in [0.1, 0.15) is 0 Å². The summed E-state index contributed by atoms with van der Waals surface area (Å²) in [6, 6.07) is 5.54. The molecule has 2 unspecified atom stereocenters. The zero-order chi connectivity index (χ0) is 10.7. The van der Waals surface area contributed by atoms with Crippen LogP contribution in [0, 0.1) is 10.1 Å². The second kappa shape index (κ2) is 4.15. The highest BCUT2D eigenvalue weighted by Gasteiger charge is 2.20. The van der Waals surface area contributed by atoms with Crippen LogP contribution in [-0.2, 0) is 0 Å². The summed E-state index contributed by atoms with van der Waals surface area (Å²) in [4.78, 5) is 9.10. The molecule has 76 valence electrons. The topological polar surface area (TPSA) is 63.4 Å². The number of hydrogen-bond donors (Lipinski definition) is 1. The maximum atomic E-state index is 12.8. The highest BCUT2D eigenvalue weighted by atomic mass is 19.1. The van der Waals surface area contributed by atoms with E-state index < -0.39 is 17.3 Å². The van der Waals surface area contributed by atoms with Gasteiger partial charge in [0, 0.05) is 0 Å². The fraction of sp³-hybridized carbons (Fsp3) is 0.333. The summed E-state index contributed by atoms with van der Waals surface area (Å²) < 4.78 is 12.8. The maximum absolute atomic E-state index is 12.8. The molecule has 0 bridgehead atoms. The van der Waals surface area contributed by atoms with Crippen molar-refractivity contribution >= 4 is 0 Å². The Morgan fingerprint density at radius 1 is 1.36 bits per heavy atom. The van der Waals surface area contributed by atoms with E-state index in [9.17, 15) is 14.5 Å². The van der Waals surface area contributed by atoms with Crippen molar-refractivity contribution in [2.75, 3.05) is 0 Å². The van der Waals surface area contributed by atoms with E-state index in [0.717, 1.165) is 0 Å². The van der Waals surface area contributed by atoms with Crippen LogP contribution in [0.4, 0.5) is 4.39 Å². The molecule has 0 aliphatic heterocycles. The molecule has 1 rings (SSSR count). The Balaban J connectivity index is 2.88. The number of nitrogens with zero attached hydrogens (tertiary/aromatic N) is 1. The van der Waals surface area contributed by atoms with Gasteiger partial charge in [-0.25, -0.2) is 0 Å². The molecule has 1 aromatic rings. The standard InChI is InChI=1S/C9H10FNO3/c1-6(12)7-2-4-8(5-3-7)9(10)11(13)14/h2-6,9,12H,1H3. The first kappa shape index (κ1) is 10.6. The van der Waals surface area contributed by atoms with Crippen molar-refractivity contribution in [1.29, 1.82) is 0 Å². The van der Waals surface area contributed by atoms with Crippen molar-refractivity contribution in [2.24, 2.45) is 0 Å². The first-order valence-electron chi connectivity index (χ1n) is 4.08. The van der Waals surface area contributed by atoms with Crippen LogP contribution in [0.5, 0.6) is 0 Å². The van der Waals surface area contributed by atoms with Gasteiger partial charge in [-0.1, -0.05) is 12.1 Å². The summed E-state index contributed by atoms with van der Waals surface area (Å²) in [5, 5.41) is 19.2. The lowest BCUT2D eigenvalue weighted by Gasteiger charge is -2.05. The lowest BCUT2D eigenvalue weighted by molar-refractivity contribution is -0.560. The molecule has 0 fully saturated rings. The minimum absolute atomic E-state index is 0.0144. The second-order valence-corrected chi connectivity index (χ2v) is 2.96. The van der Waals surface area contributed by atoms with Gasteiger partial charge in [-0.15, -0.1) is 0 Å². The fourth-order valence-corrected chi connectivity index (χ4v) is 1.06. The van der Waals surface area contributed by atoms with Crippen molar-refractivity contribution in [3.8, 4) is 0 Å². The molecule has 0 heterocycles. The van der Waals surface area contributed by atoms with Gasteiger partial charge in [0.15, 0.2) is 0 Å². The lowest BCUT2D eigenvalue weighted by Crippen LogP contribution is -2.04. The maximum Gasteiger partial charge on any atom is 0.375 e. The van der Waals surface area contributed by atoms with E-state index in [-0.39, 0.29) is 5.56 Å². The summed E-state index contributed by atoms with van der Waals surface area (Å²) in [5.74, 6) is 0. The predicted molar refractivity (Wildman–Crippen MR) is 47.9 cm³/mol. The first-order valence-corrected chi connectivity index (χ1v) is 4.08. The van der Waals surface area contributed by atoms with Crippen molar-refractivity contribution in [3.05, 3.63) is 45.5 Å². The number of alkyl halides is 1. The van der Waals surface area contributed by atoms with Crippen LogP contribution >= 0.6 is 0 Å². The molecule has 2 atom stereocenters. The van der Waals surface area contributed by atoms with Crippen molar-refractivity contribution in [2.45, 2.75) is 19.3 Å². The van der Waals surface area contributed by atoms with E-state index in [1.807, 2.05) is 0 Å². The number of aliphatic hydroxyl groups is 1. The summed E-state index contributed by atoms with van der Waals surface area (Å²) in [7, 11) is 0. The van der Waals surface area contributed by atoms with E-state index in [0.29, 0.717) is 5.56 Å². The van der Waals surface area contributed by atoms with Crippen LogP contribution in [0.1, 0.15) is 30.5 Å². The SMILES string of the molecule is CC(O)c1ccc(C(F)[N+](=O)[O-])cc1. The van der Waals surface area contributed by atoms with Gasteiger partial charge in [-0.2, -0.15) is 4.39 Å². The van der Waals surface area contributed by atoms with E-state index in [1.165, 1.54) is 24.3 Å². The quantitative estimate of drug-likeness (QED) is 0.460. The summed E-state index contributed by atoms with van der Waals surface area (Å²) in [6.07, 6.45) is -2.85. The van der Waals surface area contributed by atoms with Crippen LogP contribution in [0.2, 0.25) is 0 Å². The number of hydrogen-bond acceptors (Lipinski definition) is 3. The Hall–Kier alpha value is -1.49. The molecule has 0 amide bonds. The van der Waals surface area contributed by atoms with E-state index >= 15 is 0 Å². The van der Waals surface area contributed by atoms with Gasteiger partial charge in [-0.05, 0) is 24.6 Å². The summed E-state index contributed by atoms with van der Waals surface area (Å²) in [6.45, 7) is 1.56. The number of rotatable bonds is 3. The summed E-state index contributed by atoms with van der Waals surface area (Å²) in [5.41, 5.74) is 0.587. The number of aliphatic hydroxyl groups excluding tert-OH is 1. The molecule has 14 heavy (non-hydrogen) atoms. The van der Waals surface area contributed by atoms with E-state index in [4.69, 9.17) is 5.11 Å². The van der Waals surface area contributed by atoms with Gasteiger partial charge >= 0.3 is 6.30 Å². The number of nitro groups is 1. The monoisotopic (exact) mass is 199 g/mol. The Labute approximate surface area is 80.1 Å². The van der Waals surface area contributed by atoms with E-state index in [2.05, 4.69) is 0 Å². The van der Waals surface area contributed by atoms with Crippen molar-refractivity contribution in [1.82, 2.24) is 0 Å². The van der Waals surface area contributed by atoms with Gasteiger partial charge in [0.2, 0.25) is 0 Å².